The van der Waals surface area contributed by atoms with Crippen LogP contribution in [0.25, 0.3) is 0 Å². The van der Waals surface area contributed by atoms with Gasteiger partial charge in [0.05, 0.1) is 0 Å². The molecule has 0 fully saturated rings. The van der Waals surface area contributed by atoms with Gasteiger partial charge >= 0.3 is 0 Å². The zero-order chi connectivity index (χ0) is 13.7. The van der Waals surface area contributed by atoms with E-state index in [-0.39, 0.29) is 0 Å². The minimum Gasteiger partial charge on any atom is -0.309 e. The van der Waals surface area contributed by atoms with E-state index in [1.807, 2.05) is 0 Å². The van der Waals surface area contributed by atoms with Gasteiger partial charge in [0.25, 0.3) is 0 Å². The number of hydrogen-bond acceptors (Lipinski definition) is 1. The van der Waals surface area contributed by atoms with Gasteiger partial charge in [-0.25, -0.2) is 0 Å². The average molecular weight is 249 g/mol. The lowest BCUT2D eigenvalue weighted by Crippen LogP contribution is -2.16. The first-order valence-electron chi connectivity index (χ1n) is 7.69. The average Bonchev–Trinajstić information content (AvgIpc) is 2.67. The van der Waals surface area contributed by atoms with E-state index in [1.165, 1.54) is 38.6 Å². The van der Waals surface area contributed by atoms with E-state index in [1.54, 1.807) is 22.3 Å². The minimum absolute atomic E-state index is 0.750. The lowest BCUT2D eigenvalue weighted by molar-refractivity contribution is 0.405. The van der Waals surface area contributed by atoms with Crippen molar-refractivity contribution in [1.82, 2.24) is 4.90 Å². The molecule has 0 heterocycles. The molecule has 1 aliphatic rings. The summed E-state index contributed by atoms with van der Waals surface area (Å²) in [4.78, 5) is 2.31. The molecule has 1 rings (SSSR count). The van der Waals surface area contributed by atoms with Crippen LogP contribution < -0.4 is 0 Å². The van der Waals surface area contributed by atoms with Crippen molar-refractivity contribution >= 4 is 0 Å². The molecule has 0 aromatic rings. The van der Waals surface area contributed by atoms with E-state index in [9.17, 15) is 0 Å². The Hall–Kier alpha value is -0.560. The Kier molecular flexibility index (Phi) is 6.14. The quantitative estimate of drug-likeness (QED) is 0.626. The first-order chi connectivity index (χ1) is 8.60. The second-order valence-electron chi connectivity index (χ2n) is 5.58. The normalized spacial score (nSPS) is 20.5. The molecule has 1 nitrogen and oxygen atoms in total. The van der Waals surface area contributed by atoms with Crippen LogP contribution >= 0.6 is 0 Å². The van der Waals surface area contributed by atoms with Gasteiger partial charge in [-0.3, -0.25) is 0 Å². The van der Waals surface area contributed by atoms with Gasteiger partial charge in [0.15, 0.2) is 0 Å². The first kappa shape index (κ1) is 15.5. The van der Waals surface area contributed by atoms with Crippen molar-refractivity contribution in [3.63, 3.8) is 0 Å². The molecule has 18 heavy (non-hydrogen) atoms. The molecule has 0 bridgehead atoms. The summed E-state index contributed by atoms with van der Waals surface area (Å²) in [6, 6.07) is 0. The van der Waals surface area contributed by atoms with Gasteiger partial charge in [-0.2, -0.15) is 0 Å². The van der Waals surface area contributed by atoms with Crippen LogP contribution in [0.15, 0.2) is 22.3 Å². The van der Waals surface area contributed by atoms with Gasteiger partial charge in [0.1, 0.15) is 0 Å². The van der Waals surface area contributed by atoms with E-state index in [0.29, 0.717) is 0 Å². The molecule has 0 amide bonds. The molecular formula is C17H31N. The molecule has 0 aromatic heterocycles. The van der Waals surface area contributed by atoms with Crippen LogP contribution in [0.1, 0.15) is 59.8 Å². The molecule has 0 N–H and O–H groups in total. The fourth-order valence-corrected chi connectivity index (χ4v) is 3.52. The van der Waals surface area contributed by atoms with E-state index in [2.05, 4.69) is 46.7 Å². The number of rotatable bonds is 7. The highest BCUT2D eigenvalue weighted by Gasteiger charge is 2.29. The third-order valence-corrected chi connectivity index (χ3v) is 4.31. The molecule has 0 saturated heterocycles. The summed E-state index contributed by atoms with van der Waals surface area (Å²) in [7, 11) is 4.36. The molecule has 0 spiro atoms. The summed E-state index contributed by atoms with van der Waals surface area (Å²) >= 11 is 0. The van der Waals surface area contributed by atoms with Gasteiger partial charge in [0.2, 0.25) is 0 Å². The first-order valence-corrected chi connectivity index (χ1v) is 7.69. The summed E-state index contributed by atoms with van der Waals surface area (Å²) in [5, 5.41) is 0. The molecule has 104 valence electrons. The van der Waals surface area contributed by atoms with Crippen molar-refractivity contribution in [1.29, 1.82) is 0 Å². The Balaban J connectivity index is 3.04. The maximum absolute atomic E-state index is 2.35. The number of allylic oxidation sites excluding steroid dienone is 3. The summed E-state index contributed by atoms with van der Waals surface area (Å²) < 4.78 is 0. The smallest absolute Gasteiger partial charge is 0.00165 e. The monoisotopic (exact) mass is 249 g/mol. The lowest BCUT2D eigenvalue weighted by atomic mass is 9.88. The van der Waals surface area contributed by atoms with Crippen LogP contribution in [0, 0.1) is 5.92 Å². The Labute approximate surface area is 114 Å². The predicted molar refractivity (Wildman–Crippen MR) is 81.9 cm³/mol. The fraction of sp³-hybridized carbons (Fsp3) is 0.765. The third kappa shape index (κ3) is 3.06. The molecule has 1 heteroatoms. The largest absolute Gasteiger partial charge is 0.309 e. The van der Waals surface area contributed by atoms with Crippen LogP contribution in [-0.2, 0) is 0 Å². The van der Waals surface area contributed by atoms with Crippen molar-refractivity contribution in [3.05, 3.63) is 22.3 Å². The molecule has 1 atom stereocenters. The van der Waals surface area contributed by atoms with E-state index >= 15 is 0 Å². The van der Waals surface area contributed by atoms with Gasteiger partial charge < -0.3 is 4.90 Å². The Morgan fingerprint density at radius 3 is 1.78 bits per heavy atom. The topological polar surface area (TPSA) is 3.24 Å². The summed E-state index contributed by atoms with van der Waals surface area (Å²) in [5.74, 6) is 0.750. The Morgan fingerprint density at radius 2 is 1.39 bits per heavy atom. The Bertz CT molecular complexity index is 334. The van der Waals surface area contributed by atoms with E-state index in [0.717, 1.165) is 5.92 Å². The summed E-state index contributed by atoms with van der Waals surface area (Å²) in [5.41, 5.74) is 6.89. The van der Waals surface area contributed by atoms with Crippen molar-refractivity contribution in [2.45, 2.75) is 59.8 Å². The minimum atomic E-state index is 0.750. The molecule has 0 radical (unpaired) electrons. The lowest BCUT2D eigenvalue weighted by Gasteiger charge is -2.19. The predicted octanol–water partition coefficient (Wildman–Crippen LogP) is 4.80. The van der Waals surface area contributed by atoms with Crippen LogP contribution in [0.5, 0.6) is 0 Å². The van der Waals surface area contributed by atoms with Crippen molar-refractivity contribution in [2.75, 3.05) is 20.6 Å². The zero-order valence-corrected chi connectivity index (χ0v) is 13.3. The second-order valence-corrected chi connectivity index (χ2v) is 5.58. The molecular weight excluding hydrogens is 218 g/mol. The van der Waals surface area contributed by atoms with Crippen LogP contribution in [0.3, 0.4) is 0 Å². The maximum atomic E-state index is 2.35. The van der Waals surface area contributed by atoms with Gasteiger partial charge in [-0.05, 0) is 57.3 Å². The standard InChI is InChI=1S/C17H31N/c1-7-13-14(8-2)16(10-4)17(15(13)9-3)11-12-18(5)6/h15H,7-12H2,1-6H3. The SMILES string of the molecule is CCC1=C(CC)C(CC)C(CCN(C)C)=C1CC. The zero-order valence-electron chi connectivity index (χ0n) is 13.3. The molecule has 0 aliphatic heterocycles. The van der Waals surface area contributed by atoms with Gasteiger partial charge in [-0.15, -0.1) is 0 Å². The van der Waals surface area contributed by atoms with Gasteiger partial charge in [-0.1, -0.05) is 38.8 Å². The second kappa shape index (κ2) is 7.13. The summed E-state index contributed by atoms with van der Waals surface area (Å²) in [6.45, 7) is 10.5. The molecule has 1 aliphatic carbocycles. The molecule has 0 saturated carbocycles. The number of hydrogen-bond donors (Lipinski definition) is 0. The van der Waals surface area contributed by atoms with Crippen molar-refractivity contribution in [2.24, 2.45) is 5.92 Å². The molecule has 1 unspecified atom stereocenters. The van der Waals surface area contributed by atoms with Crippen LogP contribution in [-0.4, -0.2) is 25.5 Å². The highest BCUT2D eigenvalue weighted by molar-refractivity contribution is 5.49. The fourth-order valence-electron chi connectivity index (χ4n) is 3.52. The Morgan fingerprint density at radius 1 is 0.833 bits per heavy atom. The van der Waals surface area contributed by atoms with Crippen molar-refractivity contribution < 1.29 is 0 Å². The summed E-state index contributed by atoms with van der Waals surface area (Å²) in [6.07, 6.45) is 6.19. The third-order valence-electron chi connectivity index (χ3n) is 4.31. The number of nitrogens with zero attached hydrogens (tertiary/aromatic N) is 1. The molecule has 0 aromatic carbocycles. The van der Waals surface area contributed by atoms with E-state index in [4.69, 9.17) is 0 Å². The van der Waals surface area contributed by atoms with Crippen LogP contribution in [0.2, 0.25) is 0 Å². The highest BCUT2D eigenvalue weighted by Crippen LogP contribution is 2.44. The van der Waals surface area contributed by atoms with E-state index < -0.39 is 0 Å². The maximum Gasteiger partial charge on any atom is 0.00165 e. The highest BCUT2D eigenvalue weighted by atomic mass is 15.0. The van der Waals surface area contributed by atoms with Crippen molar-refractivity contribution in [3.8, 4) is 0 Å². The van der Waals surface area contributed by atoms with Crippen LogP contribution in [0.4, 0.5) is 0 Å². The van der Waals surface area contributed by atoms with Gasteiger partial charge in [0, 0.05) is 12.5 Å².